The average Bonchev–Trinajstić information content (AvgIpc) is 1.64. The van der Waals surface area contributed by atoms with E-state index in [-0.39, 0.29) is 0 Å². The van der Waals surface area contributed by atoms with Crippen molar-refractivity contribution in [2.45, 2.75) is 0 Å². The Kier molecular flexibility index (Phi) is 12.2. The quantitative estimate of drug-likeness (QED) is 0.186. The summed E-state index contributed by atoms with van der Waals surface area (Å²) >= 11 is 6.36. The smallest absolute Gasteiger partial charge is 0.165 e. The zero-order valence-electron chi connectivity index (χ0n) is 49.0. The average molecular weight is 1180 g/mol. The maximum Gasteiger partial charge on any atom is 0.165 e. The van der Waals surface area contributed by atoms with E-state index in [4.69, 9.17) is 21.6 Å². The molecule has 0 spiro atoms. The lowest BCUT2D eigenvalue weighted by Crippen LogP contribution is -2.04. The number of nitrogens with one attached hydrogen (secondary N) is 1. The van der Waals surface area contributed by atoms with Gasteiger partial charge in [-0.15, -0.1) is 0 Å². The molecule has 0 atom stereocenters. The molecule has 0 amide bonds. The molecule has 4 aromatic heterocycles. The standard InChI is InChI=1S/C42H25N3.C22H13N.C20H13ClN2/c1-2-11-26(12-3-1)28-14-8-15-29(25-28)41-42(44-35-21-7-6-20-34(35)43-41)45-36-22-10-19-33-31-17-5-4-16-30(31)32-18-9-13-27-23-24-37(45)40(38(27)32)39(33)36;1-2-7-15-14(6-1)16-8-3-5-13-11-12-19-22(20(13)16)21-17(15)9-4-10-18(21)23-19;21-20-19(22-17-11-4-5-12-18(17)23-20)16-10-6-9-15(13-16)14-7-2-1-3-8-14/h1-25H;1-12,23H;1-13H. The van der Waals surface area contributed by atoms with Crippen molar-refractivity contribution in [3.05, 3.63) is 308 Å². The number of aromatic amines is 1. The van der Waals surface area contributed by atoms with E-state index in [2.05, 4.69) is 256 Å². The predicted octanol–water partition coefficient (Wildman–Crippen LogP) is 22.6. The van der Waals surface area contributed by atoms with Crippen LogP contribution in [0.3, 0.4) is 0 Å². The van der Waals surface area contributed by atoms with Crippen LogP contribution in [-0.2, 0) is 0 Å². The van der Waals surface area contributed by atoms with Gasteiger partial charge in [-0.3, -0.25) is 4.57 Å². The molecule has 0 saturated carbocycles. The zero-order valence-corrected chi connectivity index (χ0v) is 49.7. The normalized spacial score (nSPS) is 11.8. The monoisotopic (exact) mass is 1180 g/mol. The lowest BCUT2D eigenvalue weighted by molar-refractivity contribution is 1.08. The van der Waals surface area contributed by atoms with Crippen molar-refractivity contribution in [3.63, 3.8) is 0 Å². The Morgan fingerprint density at radius 3 is 1.24 bits per heavy atom. The molecule has 1 N–H and O–H groups in total. The molecule has 0 saturated heterocycles. The number of fused-ring (bicyclic) bond motifs is 8. The Labute approximate surface area is 528 Å². The maximum absolute atomic E-state index is 6.36. The Balaban J connectivity index is 0.000000112. The van der Waals surface area contributed by atoms with Gasteiger partial charge >= 0.3 is 0 Å². The summed E-state index contributed by atoms with van der Waals surface area (Å²) in [5.74, 6) is 0.835. The van der Waals surface area contributed by atoms with Crippen molar-refractivity contribution in [2.75, 3.05) is 0 Å². The van der Waals surface area contributed by atoms with Gasteiger partial charge in [0.05, 0.1) is 33.1 Å². The number of rotatable bonds is 5. The fraction of sp³-hybridized carbons (Fsp3) is 0. The molecule has 0 unspecified atom stereocenters. The second-order valence-corrected chi connectivity index (χ2v) is 23.7. The molecule has 6 nitrogen and oxygen atoms in total. The first kappa shape index (κ1) is 52.3. The molecule has 0 bridgehead atoms. The SMILES string of the molecule is Clc1nc2ccccc2nc1-c1cccc(-c2ccccc2)c1.c1ccc(-c2cccc(-c3nc4ccccc4nc3-n3c4cccc5c4c4c6c(cccc6ccc43)-c3ccccc3-5)c2)cc1.c1ccc2c(c1)-c1cccc3ccc4[nH]c5cccc-2c5c4c13. The van der Waals surface area contributed by atoms with Crippen molar-refractivity contribution in [3.8, 4) is 95.1 Å². The van der Waals surface area contributed by atoms with Gasteiger partial charge in [-0.05, 0) is 149 Å². The van der Waals surface area contributed by atoms with Crippen molar-refractivity contribution in [1.29, 1.82) is 0 Å². The summed E-state index contributed by atoms with van der Waals surface area (Å²) in [4.78, 5) is 23.5. The van der Waals surface area contributed by atoms with Gasteiger partial charge in [-0.25, -0.2) is 19.9 Å². The number of benzene rings is 14. The van der Waals surface area contributed by atoms with E-state index in [9.17, 15) is 0 Å². The Morgan fingerprint density at radius 1 is 0.253 bits per heavy atom. The van der Waals surface area contributed by atoms with Crippen LogP contribution in [0.25, 0.3) is 182 Å². The van der Waals surface area contributed by atoms with Crippen LogP contribution < -0.4 is 0 Å². The van der Waals surface area contributed by atoms with Crippen LogP contribution in [0.2, 0.25) is 5.15 Å². The minimum atomic E-state index is 0.425. The number of aromatic nitrogens is 6. The summed E-state index contributed by atoms with van der Waals surface area (Å²) in [5.41, 5.74) is 26.7. The van der Waals surface area contributed by atoms with E-state index in [0.29, 0.717) is 10.8 Å². The number of nitrogens with zero attached hydrogens (tertiary/aromatic N) is 5. The molecule has 20 rings (SSSR count). The van der Waals surface area contributed by atoms with Gasteiger partial charge in [0.2, 0.25) is 0 Å². The van der Waals surface area contributed by atoms with Crippen LogP contribution in [-0.4, -0.2) is 29.5 Å². The van der Waals surface area contributed by atoms with Crippen LogP contribution in [0.4, 0.5) is 0 Å². The fourth-order valence-corrected chi connectivity index (χ4v) is 14.5. The first-order valence-electron chi connectivity index (χ1n) is 30.7. The van der Waals surface area contributed by atoms with E-state index in [1.54, 1.807) is 0 Å². The molecule has 424 valence electrons. The Morgan fingerprint density at radius 2 is 0.648 bits per heavy atom. The summed E-state index contributed by atoms with van der Waals surface area (Å²) in [6, 6.07) is 107. The van der Waals surface area contributed by atoms with Crippen LogP contribution in [0.15, 0.2) is 303 Å². The van der Waals surface area contributed by atoms with Gasteiger partial charge in [0.25, 0.3) is 0 Å². The van der Waals surface area contributed by atoms with E-state index >= 15 is 0 Å². The van der Waals surface area contributed by atoms with E-state index in [1.165, 1.54) is 110 Å². The Bertz CT molecular complexity index is 5970. The minimum Gasteiger partial charge on any atom is -0.354 e. The van der Waals surface area contributed by atoms with E-state index in [1.807, 2.05) is 66.7 Å². The lowest BCUT2D eigenvalue weighted by Gasteiger charge is -2.16. The van der Waals surface area contributed by atoms with Crippen LogP contribution in [0.1, 0.15) is 0 Å². The molecule has 0 fully saturated rings. The van der Waals surface area contributed by atoms with Crippen LogP contribution in [0.5, 0.6) is 0 Å². The molecule has 7 heteroatoms. The van der Waals surface area contributed by atoms with Crippen LogP contribution >= 0.6 is 11.6 Å². The molecule has 91 heavy (non-hydrogen) atoms. The maximum atomic E-state index is 6.36. The third kappa shape index (κ3) is 8.56. The summed E-state index contributed by atoms with van der Waals surface area (Å²) < 4.78 is 2.35. The minimum absolute atomic E-state index is 0.425. The summed E-state index contributed by atoms with van der Waals surface area (Å²) in [5, 5.41) is 10.9. The zero-order chi connectivity index (χ0) is 60.1. The van der Waals surface area contributed by atoms with Gasteiger partial charge in [-0.1, -0.05) is 254 Å². The number of H-pyrrole nitrogens is 1. The molecular formula is C84H51ClN6. The highest BCUT2D eigenvalue weighted by Crippen LogP contribution is 2.51. The first-order chi connectivity index (χ1) is 45.1. The van der Waals surface area contributed by atoms with Crippen molar-refractivity contribution >= 4 is 98.8 Å². The molecular weight excluding hydrogens is 1130 g/mol. The molecule has 2 aliphatic carbocycles. The second kappa shape index (κ2) is 21.2. The Hall–Kier alpha value is -11.8. The molecule has 0 aliphatic heterocycles. The van der Waals surface area contributed by atoms with Crippen molar-refractivity contribution in [2.24, 2.45) is 0 Å². The lowest BCUT2D eigenvalue weighted by atomic mass is 9.93. The second-order valence-electron chi connectivity index (χ2n) is 23.4. The number of halogens is 1. The highest BCUT2D eigenvalue weighted by molar-refractivity contribution is 6.33. The van der Waals surface area contributed by atoms with E-state index in [0.717, 1.165) is 66.9 Å². The van der Waals surface area contributed by atoms with E-state index < -0.39 is 0 Å². The molecule has 2 aliphatic rings. The third-order valence-electron chi connectivity index (χ3n) is 18.2. The van der Waals surface area contributed by atoms with Gasteiger partial charge in [0, 0.05) is 43.7 Å². The molecule has 4 heterocycles. The number of hydrogen-bond donors (Lipinski definition) is 1. The molecule has 14 aromatic carbocycles. The largest absolute Gasteiger partial charge is 0.354 e. The third-order valence-corrected chi connectivity index (χ3v) is 18.5. The van der Waals surface area contributed by atoms with Gasteiger partial charge in [0.15, 0.2) is 11.0 Å². The van der Waals surface area contributed by atoms with Crippen molar-refractivity contribution in [1.82, 2.24) is 29.5 Å². The van der Waals surface area contributed by atoms with Gasteiger partial charge in [-0.2, -0.15) is 0 Å². The highest BCUT2D eigenvalue weighted by Gasteiger charge is 2.27. The van der Waals surface area contributed by atoms with Crippen molar-refractivity contribution < 1.29 is 0 Å². The van der Waals surface area contributed by atoms with Crippen LogP contribution in [0, 0.1) is 0 Å². The fourth-order valence-electron chi connectivity index (χ4n) is 14.2. The first-order valence-corrected chi connectivity index (χ1v) is 31.1. The summed E-state index contributed by atoms with van der Waals surface area (Å²) in [7, 11) is 0. The summed E-state index contributed by atoms with van der Waals surface area (Å²) in [6.45, 7) is 0. The number of para-hydroxylation sites is 4. The molecule has 0 radical (unpaired) electrons. The van der Waals surface area contributed by atoms with Gasteiger partial charge in [0.1, 0.15) is 11.4 Å². The summed E-state index contributed by atoms with van der Waals surface area (Å²) in [6.07, 6.45) is 0. The highest BCUT2D eigenvalue weighted by atomic mass is 35.5. The topological polar surface area (TPSA) is 72.3 Å². The number of hydrogen-bond acceptors (Lipinski definition) is 4. The predicted molar refractivity (Wildman–Crippen MR) is 380 cm³/mol. The van der Waals surface area contributed by atoms with Gasteiger partial charge < -0.3 is 4.98 Å². The molecule has 18 aromatic rings.